The van der Waals surface area contributed by atoms with Crippen molar-refractivity contribution in [2.45, 2.75) is 19.8 Å². The number of rotatable bonds is 8. The molecule has 1 heterocycles. The number of phenolic OH excluding ortho intramolecular Hbond substituents is 1. The van der Waals surface area contributed by atoms with Crippen LogP contribution in [0.3, 0.4) is 0 Å². The van der Waals surface area contributed by atoms with E-state index in [9.17, 15) is 5.11 Å². The van der Waals surface area contributed by atoms with Gasteiger partial charge in [-0.25, -0.2) is 0 Å². The second-order valence-corrected chi connectivity index (χ2v) is 5.23. The van der Waals surface area contributed by atoms with Crippen molar-refractivity contribution in [3.63, 3.8) is 0 Å². The highest BCUT2D eigenvalue weighted by molar-refractivity contribution is 5.79. The van der Waals surface area contributed by atoms with Crippen molar-refractivity contribution in [1.82, 2.24) is 10.6 Å². The van der Waals surface area contributed by atoms with Crippen molar-refractivity contribution in [3.05, 3.63) is 47.9 Å². The van der Waals surface area contributed by atoms with E-state index in [2.05, 4.69) is 15.6 Å². The van der Waals surface area contributed by atoms with Gasteiger partial charge in [-0.1, -0.05) is 12.1 Å². The number of methoxy groups -OCH3 is 1. The quantitative estimate of drug-likeness (QED) is 0.511. The zero-order valence-corrected chi connectivity index (χ0v) is 14.2. The summed E-state index contributed by atoms with van der Waals surface area (Å²) in [6.45, 7) is 4.12. The summed E-state index contributed by atoms with van der Waals surface area (Å²) in [6, 6.07) is 9.33. The van der Waals surface area contributed by atoms with Crippen LogP contribution < -0.4 is 15.4 Å². The number of ether oxygens (including phenoxy) is 1. The van der Waals surface area contributed by atoms with Crippen LogP contribution in [0.4, 0.5) is 0 Å². The largest absolute Gasteiger partial charge is 0.504 e. The van der Waals surface area contributed by atoms with Crippen molar-refractivity contribution in [2.24, 2.45) is 4.99 Å². The molecule has 0 saturated heterocycles. The number of aliphatic imine (C=N–C) groups is 1. The standard InChI is InChI=1S/C18H25N3O3/c1-3-19-18(21-12-10-15-7-5-13-24-15)20-11-9-14-6-4-8-16(23-2)17(14)22/h4-8,13,22H,3,9-12H2,1-2H3,(H2,19,20,21). The molecule has 24 heavy (non-hydrogen) atoms. The van der Waals surface area contributed by atoms with Crippen LogP contribution in [0.2, 0.25) is 0 Å². The SMILES string of the molecule is CCNC(=NCCc1ccco1)NCCc1cccc(OC)c1O. The van der Waals surface area contributed by atoms with E-state index in [0.717, 1.165) is 30.2 Å². The van der Waals surface area contributed by atoms with Gasteiger partial charge in [-0.3, -0.25) is 4.99 Å². The molecule has 2 rings (SSSR count). The first-order valence-corrected chi connectivity index (χ1v) is 8.14. The molecule has 0 bridgehead atoms. The normalized spacial score (nSPS) is 11.3. The zero-order chi connectivity index (χ0) is 17.2. The fourth-order valence-electron chi connectivity index (χ4n) is 2.32. The number of guanidine groups is 1. The third-order valence-electron chi connectivity index (χ3n) is 3.54. The maximum Gasteiger partial charge on any atom is 0.191 e. The maximum absolute atomic E-state index is 10.1. The summed E-state index contributed by atoms with van der Waals surface area (Å²) < 4.78 is 10.4. The van der Waals surface area contributed by atoms with Gasteiger partial charge >= 0.3 is 0 Å². The van der Waals surface area contributed by atoms with Crippen LogP contribution in [-0.2, 0) is 12.8 Å². The van der Waals surface area contributed by atoms with Gasteiger partial charge in [0.2, 0.25) is 0 Å². The van der Waals surface area contributed by atoms with E-state index in [0.29, 0.717) is 25.3 Å². The second-order valence-electron chi connectivity index (χ2n) is 5.23. The topological polar surface area (TPSA) is 79.0 Å². The van der Waals surface area contributed by atoms with Gasteiger partial charge in [-0.2, -0.15) is 0 Å². The molecule has 0 radical (unpaired) electrons. The lowest BCUT2D eigenvalue weighted by Gasteiger charge is -2.12. The molecule has 1 aromatic carbocycles. The van der Waals surface area contributed by atoms with Crippen molar-refractivity contribution in [3.8, 4) is 11.5 Å². The molecular weight excluding hydrogens is 306 g/mol. The van der Waals surface area contributed by atoms with Crippen LogP contribution in [0.1, 0.15) is 18.2 Å². The number of nitrogens with one attached hydrogen (secondary N) is 2. The maximum atomic E-state index is 10.1. The molecule has 6 heteroatoms. The van der Waals surface area contributed by atoms with Gasteiger partial charge in [-0.05, 0) is 37.1 Å². The van der Waals surface area contributed by atoms with E-state index in [-0.39, 0.29) is 5.75 Å². The van der Waals surface area contributed by atoms with Crippen LogP contribution in [0, 0.1) is 0 Å². The lowest BCUT2D eigenvalue weighted by atomic mass is 10.1. The minimum Gasteiger partial charge on any atom is -0.504 e. The molecule has 0 aliphatic rings. The van der Waals surface area contributed by atoms with Crippen LogP contribution >= 0.6 is 0 Å². The summed E-state index contributed by atoms with van der Waals surface area (Å²) in [4.78, 5) is 4.52. The van der Waals surface area contributed by atoms with Crippen LogP contribution in [0.5, 0.6) is 11.5 Å². The van der Waals surface area contributed by atoms with Gasteiger partial charge in [0.1, 0.15) is 5.76 Å². The number of phenols is 1. The molecule has 0 amide bonds. The summed E-state index contributed by atoms with van der Waals surface area (Å²) in [6.07, 6.45) is 3.11. The minimum absolute atomic E-state index is 0.196. The Morgan fingerprint density at radius 2 is 2.08 bits per heavy atom. The van der Waals surface area contributed by atoms with E-state index in [4.69, 9.17) is 9.15 Å². The third-order valence-corrected chi connectivity index (χ3v) is 3.54. The first-order chi connectivity index (χ1) is 11.7. The summed E-state index contributed by atoms with van der Waals surface area (Å²) in [5, 5.41) is 16.6. The molecule has 130 valence electrons. The number of para-hydroxylation sites is 1. The predicted molar refractivity (Wildman–Crippen MR) is 94.8 cm³/mol. The molecule has 0 aliphatic heterocycles. The molecule has 0 atom stereocenters. The highest BCUT2D eigenvalue weighted by Gasteiger charge is 2.07. The van der Waals surface area contributed by atoms with Crippen LogP contribution in [0.15, 0.2) is 46.0 Å². The summed E-state index contributed by atoms with van der Waals surface area (Å²) in [5.74, 6) is 2.37. The highest BCUT2D eigenvalue weighted by atomic mass is 16.5. The molecule has 0 unspecified atom stereocenters. The molecule has 2 aromatic rings. The Balaban J connectivity index is 1.84. The monoisotopic (exact) mass is 331 g/mol. The van der Waals surface area contributed by atoms with Crippen LogP contribution in [-0.4, -0.2) is 37.8 Å². The summed E-state index contributed by atoms with van der Waals surface area (Å²) in [5.41, 5.74) is 0.841. The highest BCUT2D eigenvalue weighted by Crippen LogP contribution is 2.29. The number of aromatic hydroxyl groups is 1. The third kappa shape index (κ3) is 5.22. The van der Waals surface area contributed by atoms with Crippen molar-refractivity contribution < 1.29 is 14.3 Å². The lowest BCUT2D eigenvalue weighted by molar-refractivity contribution is 0.370. The van der Waals surface area contributed by atoms with E-state index >= 15 is 0 Å². The molecule has 3 N–H and O–H groups in total. The number of nitrogens with zero attached hydrogens (tertiary/aromatic N) is 1. The Morgan fingerprint density at radius 1 is 1.21 bits per heavy atom. The first-order valence-electron chi connectivity index (χ1n) is 8.14. The zero-order valence-electron chi connectivity index (χ0n) is 14.2. The molecule has 0 spiro atoms. The smallest absolute Gasteiger partial charge is 0.191 e. The number of hydrogen-bond donors (Lipinski definition) is 3. The first kappa shape index (κ1) is 17.7. The van der Waals surface area contributed by atoms with E-state index in [1.54, 1.807) is 19.4 Å². The fraction of sp³-hybridized carbons (Fsp3) is 0.389. The Labute approximate surface area is 142 Å². The van der Waals surface area contributed by atoms with Gasteiger partial charge < -0.3 is 24.9 Å². The van der Waals surface area contributed by atoms with Gasteiger partial charge in [-0.15, -0.1) is 0 Å². The van der Waals surface area contributed by atoms with Crippen molar-refractivity contribution in [1.29, 1.82) is 0 Å². The van der Waals surface area contributed by atoms with Gasteiger partial charge in [0, 0.05) is 26.1 Å². The lowest BCUT2D eigenvalue weighted by Crippen LogP contribution is -2.38. The molecule has 0 aliphatic carbocycles. The Bertz CT molecular complexity index is 639. The number of hydrogen-bond acceptors (Lipinski definition) is 4. The average molecular weight is 331 g/mol. The Kier molecular flexibility index (Phi) is 7.01. The number of benzene rings is 1. The van der Waals surface area contributed by atoms with E-state index < -0.39 is 0 Å². The molecule has 0 saturated carbocycles. The summed E-state index contributed by atoms with van der Waals surface area (Å²) in [7, 11) is 1.55. The molecule has 0 fully saturated rings. The molecule has 1 aromatic heterocycles. The Morgan fingerprint density at radius 3 is 2.79 bits per heavy atom. The van der Waals surface area contributed by atoms with E-state index in [1.807, 2.05) is 31.2 Å². The Hall–Kier alpha value is -2.63. The molecular formula is C18H25N3O3. The molecule has 6 nitrogen and oxygen atoms in total. The average Bonchev–Trinajstić information content (AvgIpc) is 3.10. The predicted octanol–water partition coefficient (Wildman–Crippen LogP) is 2.33. The van der Waals surface area contributed by atoms with Gasteiger partial charge in [0.25, 0.3) is 0 Å². The second kappa shape index (κ2) is 9.50. The van der Waals surface area contributed by atoms with Gasteiger partial charge in [0.15, 0.2) is 17.5 Å². The van der Waals surface area contributed by atoms with E-state index in [1.165, 1.54) is 0 Å². The fourth-order valence-corrected chi connectivity index (χ4v) is 2.32. The van der Waals surface area contributed by atoms with Crippen molar-refractivity contribution in [2.75, 3.05) is 26.7 Å². The number of furan rings is 1. The minimum atomic E-state index is 0.196. The van der Waals surface area contributed by atoms with Gasteiger partial charge in [0.05, 0.1) is 13.4 Å². The van der Waals surface area contributed by atoms with Crippen molar-refractivity contribution >= 4 is 5.96 Å². The van der Waals surface area contributed by atoms with Crippen LogP contribution in [0.25, 0.3) is 0 Å². The summed E-state index contributed by atoms with van der Waals surface area (Å²) >= 11 is 0.